The number of rotatable bonds is 5. The van der Waals surface area contributed by atoms with Gasteiger partial charge in [-0.1, -0.05) is 19.1 Å². The number of benzene rings is 1. The predicted octanol–water partition coefficient (Wildman–Crippen LogP) is 1.71. The summed E-state index contributed by atoms with van der Waals surface area (Å²) in [5, 5.41) is 0. The van der Waals surface area contributed by atoms with Crippen LogP contribution in [0.15, 0.2) is 24.3 Å². The number of carbonyl (C=O) groups excluding carboxylic acids is 2. The van der Waals surface area contributed by atoms with Gasteiger partial charge in [-0.2, -0.15) is 0 Å². The third-order valence-corrected chi connectivity index (χ3v) is 2.47. The van der Waals surface area contributed by atoms with Crippen LogP contribution in [-0.4, -0.2) is 17.9 Å². The van der Waals surface area contributed by atoms with Crippen molar-refractivity contribution in [1.29, 1.82) is 0 Å². The lowest BCUT2D eigenvalue weighted by Gasteiger charge is -2.15. The van der Waals surface area contributed by atoms with E-state index in [-0.39, 0.29) is 11.8 Å². The summed E-state index contributed by atoms with van der Waals surface area (Å²) in [5.41, 5.74) is 5.74. The summed E-state index contributed by atoms with van der Waals surface area (Å²) in [6, 6.07) is 7.44. The van der Waals surface area contributed by atoms with Gasteiger partial charge in [-0.3, -0.25) is 20.4 Å². The van der Waals surface area contributed by atoms with Crippen molar-refractivity contribution in [2.45, 2.75) is 39.7 Å². The van der Waals surface area contributed by atoms with Crippen molar-refractivity contribution in [3.63, 3.8) is 0 Å². The van der Waals surface area contributed by atoms with E-state index in [1.54, 1.807) is 13.0 Å². The van der Waals surface area contributed by atoms with E-state index >= 15 is 0 Å². The van der Waals surface area contributed by atoms with Gasteiger partial charge in [-0.05, 0) is 38.0 Å². The van der Waals surface area contributed by atoms with Gasteiger partial charge in [0.25, 0.3) is 5.91 Å². The maximum atomic E-state index is 11.7. The Morgan fingerprint density at radius 3 is 2.68 bits per heavy atom. The quantitative estimate of drug-likeness (QED) is 0.796. The molecule has 1 unspecified atom stereocenters. The SMILES string of the molecule is CCCC(=O)NNC(=O)C(C)Oc1cccc(C)c1. The average Bonchev–Trinajstić information content (AvgIpc) is 2.36. The summed E-state index contributed by atoms with van der Waals surface area (Å²) < 4.78 is 5.49. The van der Waals surface area contributed by atoms with Gasteiger partial charge in [-0.25, -0.2) is 0 Å². The number of hydrogen-bond acceptors (Lipinski definition) is 3. The minimum absolute atomic E-state index is 0.210. The molecular formula is C14H20N2O3. The Balaban J connectivity index is 2.42. The second-order valence-electron chi connectivity index (χ2n) is 4.36. The lowest BCUT2D eigenvalue weighted by atomic mass is 10.2. The van der Waals surface area contributed by atoms with E-state index in [2.05, 4.69) is 10.9 Å². The molecular weight excluding hydrogens is 244 g/mol. The third-order valence-electron chi connectivity index (χ3n) is 2.47. The molecule has 1 aromatic carbocycles. The molecule has 2 amide bonds. The molecule has 0 bridgehead atoms. The Morgan fingerprint density at radius 1 is 1.32 bits per heavy atom. The molecule has 0 aliphatic carbocycles. The van der Waals surface area contributed by atoms with Gasteiger partial charge in [0, 0.05) is 6.42 Å². The molecule has 0 aromatic heterocycles. The highest BCUT2D eigenvalue weighted by Gasteiger charge is 2.15. The first-order valence-corrected chi connectivity index (χ1v) is 6.35. The number of hydrogen-bond donors (Lipinski definition) is 2. The lowest BCUT2D eigenvalue weighted by Crippen LogP contribution is -2.47. The van der Waals surface area contributed by atoms with Gasteiger partial charge in [0.05, 0.1) is 0 Å². The zero-order chi connectivity index (χ0) is 14.3. The summed E-state index contributed by atoms with van der Waals surface area (Å²) in [6.45, 7) is 5.47. The fourth-order valence-electron chi connectivity index (χ4n) is 1.47. The molecule has 0 spiro atoms. The Morgan fingerprint density at radius 2 is 2.05 bits per heavy atom. The van der Waals surface area contributed by atoms with Gasteiger partial charge in [0.2, 0.25) is 5.91 Å². The first-order valence-electron chi connectivity index (χ1n) is 6.35. The number of carbonyl (C=O) groups is 2. The van der Waals surface area contributed by atoms with E-state index < -0.39 is 6.10 Å². The van der Waals surface area contributed by atoms with Crippen molar-refractivity contribution in [2.24, 2.45) is 0 Å². The van der Waals surface area contributed by atoms with Gasteiger partial charge in [0.15, 0.2) is 6.10 Å². The van der Waals surface area contributed by atoms with Crippen molar-refractivity contribution in [3.8, 4) is 5.75 Å². The molecule has 0 heterocycles. The maximum Gasteiger partial charge on any atom is 0.279 e. The largest absolute Gasteiger partial charge is 0.481 e. The number of aryl methyl sites for hydroxylation is 1. The molecule has 0 radical (unpaired) electrons. The summed E-state index contributed by atoms with van der Waals surface area (Å²) >= 11 is 0. The number of nitrogens with one attached hydrogen (secondary N) is 2. The van der Waals surface area contributed by atoms with Crippen LogP contribution in [-0.2, 0) is 9.59 Å². The molecule has 0 aliphatic heterocycles. The molecule has 0 saturated heterocycles. The Kier molecular flexibility index (Phi) is 5.85. The normalized spacial score (nSPS) is 11.5. The lowest BCUT2D eigenvalue weighted by molar-refractivity contribution is -0.132. The maximum absolute atomic E-state index is 11.7. The van der Waals surface area contributed by atoms with Gasteiger partial charge in [0.1, 0.15) is 5.75 Å². The van der Waals surface area contributed by atoms with Crippen LogP contribution in [0.2, 0.25) is 0 Å². The van der Waals surface area contributed by atoms with Crippen molar-refractivity contribution in [2.75, 3.05) is 0 Å². The highest BCUT2D eigenvalue weighted by atomic mass is 16.5. The fraction of sp³-hybridized carbons (Fsp3) is 0.429. The van der Waals surface area contributed by atoms with Crippen LogP contribution in [0.1, 0.15) is 32.3 Å². The van der Waals surface area contributed by atoms with Crippen molar-refractivity contribution in [3.05, 3.63) is 29.8 Å². The number of amides is 2. The van der Waals surface area contributed by atoms with Gasteiger partial charge >= 0.3 is 0 Å². The predicted molar refractivity (Wildman–Crippen MR) is 72.5 cm³/mol. The van der Waals surface area contributed by atoms with E-state index in [1.807, 2.05) is 32.0 Å². The zero-order valence-corrected chi connectivity index (χ0v) is 11.5. The number of hydrazine groups is 1. The second-order valence-corrected chi connectivity index (χ2v) is 4.36. The minimum Gasteiger partial charge on any atom is -0.481 e. The Labute approximate surface area is 113 Å². The van der Waals surface area contributed by atoms with Crippen molar-refractivity contribution in [1.82, 2.24) is 10.9 Å². The van der Waals surface area contributed by atoms with Crippen LogP contribution in [0.3, 0.4) is 0 Å². The third kappa shape index (κ3) is 5.42. The molecule has 0 aliphatic rings. The highest BCUT2D eigenvalue weighted by Crippen LogP contribution is 2.13. The first kappa shape index (κ1) is 15.0. The van der Waals surface area contributed by atoms with Crippen molar-refractivity contribution >= 4 is 11.8 Å². The molecule has 19 heavy (non-hydrogen) atoms. The van der Waals surface area contributed by atoms with Gasteiger partial charge in [-0.15, -0.1) is 0 Å². The highest BCUT2D eigenvalue weighted by molar-refractivity contribution is 5.84. The van der Waals surface area contributed by atoms with E-state index in [0.29, 0.717) is 12.2 Å². The van der Waals surface area contributed by atoms with Crippen LogP contribution in [0.4, 0.5) is 0 Å². The Hall–Kier alpha value is -2.04. The summed E-state index contributed by atoms with van der Waals surface area (Å²) in [7, 11) is 0. The topological polar surface area (TPSA) is 67.4 Å². The van der Waals surface area contributed by atoms with Gasteiger partial charge < -0.3 is 4.74 Å². The van der Waals surface area contributed by atoms with E-state index in [4.69, 9.17) is 4.74 Å². The fourth-order valence-corrected chi connectivity index (χ4v) is 1.47. The monoisotopic (exact) mass is 264 g/mol. The molecule has 0 fully saturated rings. The summed E-state index contributed by atoms with van der Waals surface area (Å²) in [5.74, 6) is 0.0344. The van der Waals surface area contributed by atoms with E-state index in [1.165, 1.54) is 0 Å². The van der Waals surface area contributed by atoms with Crippen LogP contribution >= 0.6 is 0 Å². The molecule has 104 valence electrons. The van der Waals surface area contributed by atoms with E-state index in [9.17, 15) is 9.59 Å². The standard InChI is InChI=1S/C14H20N2O3/c1-4-6-13(17)15-16-14(18)11(3)19-12-8-5-7-10(2)9-12/h5,7-9,11H,4,6H2,1-3H3,(H,15,17)(H,16,18). The molecule has 2 N–H and O–H groups in total. The molecule has 5 nitrogen and oxygen atoms in total. The van der Waals surface area contributed by atoms with Crippen LogP contribution in [0.5, 0.6) is 5.75 Å². The zero-order valence-electron chi connectivity index (χ0n) is 11.5. The van der Waals surface area contributed by atoms with E-state index in [0.717, 1.165) is 12.0 Å². The molecule has 5 heteroatoms. The van der Waals surface area contributed by atoms with Crippen molar-refractivity contribution < 1.29 is 14.3 Å². The van der Waals surface area contributed by atoms with Crippen LogP contribution in [0.25, 0.3) is 0 Å². The summed E-state index contributed by atoms with van der Waals surface area (Å²) in [6.07, 6.45) is 0.438. The Bertz CT molecular complexity index is 446. The smallest absolute Gasteiger partial charge is 0.279 e. The number of ether oxygens (including phenoxy) is 1. The molecule has 0 saturated carbocycles. The minimum atomic E-state index is -0.677. The molecule has 1 aromatic rings. The van der Waals surface area contributed by atoms with Crippen LogP contribution in [0, 0.1) is 6.92 Å². The summed E-state index contributed by atoms with van der Waals surface area (Å²) in [4.78, 5) is 22.9. The molecule has 1 rings (SSSR count). The second kappa shape index (κ2) is 7.41. The first-order chi connectivity index (χ1) is 9.02. The molecule has 1 atom stereocenters. The van der Waals surface area contributed by atoms with Crippen LogP contribution < -0.4 is 15.6 Å². The average molecular weight is 264 g/mol.